The van der Waals surface area contributed by atoms with Crippen LogP contribution in [0, 0.1) is 5.41 Å². The van der Waals surface area contributed by atoms with Crippen molar-refractivity contribution in [3.63, 3.8) is 0 Å². The van der Waals surface area contributed by atoms with E-state index in [1.54, 1.807) is 17.4 Å². The van der Waals surface area contributed by atoms with Crippen LogP contribution < -0.4 is 0 Å². The largest absolute Gasteiger partial charge is 0.512 e. The highest BCUT2D eigenvalue weighted by molar-refractivity contribution is 7.19. The van der Waals surface area contributed by atoms with Gasteiger partial charge in [-0.1, -0.05) is 17.2 Å². The standard InChI is InChI=1S/C23H27ClO5S/c1-12-5-20(27)23(2,22-21(28)18(26)9-16(11-25)29-22)10-14(12)8-17-7-13-6-15(24)3-4-19(13)30-17/h3-7,16,18,21-22,25-28H,8-11H2,1-2H3/t16-,18-,21+,22+,23?/m0/s1. The van der Waals surface area contributed by atoms with E-state index in [0.717, 1.165) is 23.0 Å². The van der Waals surface area contributed by atoms with Crippen molar-refractivity contribution in [3.05, 3.63) is 57.1 Å². The van der Waals surface area contributed by atoms with Crippen molar-refractivity contribution in [2.24, 2.45) is 5.41 Å². The first-order valence-electron chi connectivity index (χ1n) is 10.1. The van der Waals surface area contributed by atoms with E-state index in [0.29, 0.717) is 11.4 Å². The molecule has 1 aliphatic carbocycles. The molecule has 0 radical (unpaired) electrons. The van der Waals surface area contributed by atoms with Crippen molar-refractivity contribution in [2.75, 3.05) is 6.61 Å². The van der Waals surface area contributed by atoms with E-state index in [4.69, 9.17) is 16.3 Å². The molecule has 2 heterocycles. The SMILES string of the molecule is CC1=C(Cc2cc3cc(Cl)ccc3s2)CC(C)([C@@H]2O[C@H](CO)C[C@H](O)[C@H]2O)C(O)=C1. The number of halogens is 1. The Balaban J connectivity index is 1.62. The van der Waals surface area contributed by atoms with Crippen LogP contribution >= 0.6 is 22.9 Å². The number of hydrogen-bond donors (Lipinski definition) is 4. The Labute approximate surface area is 184 Å². The van der Waals surface area contributed by atoms with Gasteiger partial charge in [0, 0.05) is 27.4 Å². The Kier molecular flexibility index (Phi) is 6.01. The summed E-state index contributed by atoms with van der Waals surface area (Å²) in [7, 11) is 0. The van der Waals surface area contributed by atoms with E-state index in [1.807, 2.05) is 32.0 Å². The van der Waals surface area contributed by atoms with Gasteiger partial charge in [-0.15, -0.1) is 11.3 Å². The van der Waals surface area contributed by atoms with Gasteiger partial charge in [0.1, 0.15) is 11.9 Å². The maximum absolute atomic E-state index is 10.8. The molecule has 0 bridgehead atoms. The molecule has 5 nitrogen and oxygen atoms in total. The van der Waals surface area contributed by atoms with Crippen molar-refractivity contribution in [3.8, 4) is 0 Å². The fraction of sp³-hybridized carbons (Fsp3) is 0.478. The monoisotopic (exact) mass is 450 g/mol. The van der Waals surface area contributed by atoms with Gasteiger partial charge >= 0.3 is 0 Å². The molecule has 1 aromatic carbocycles. The smallest absolute Gasteiger partial charge is 0.107 e. The zero-order valence-corrected chi connectivity index (χ0v) is 18.6. The summed E-state index contributed by atoms with van der Waals surface area (Å²) in [5.74, 6) is 0.127. The molecule has 0 spiro atoms. The van der Waals surface area contributed by atoms with Gasteiger partial charge in [-0.05, 0) is 61.6 Å². The number of rotatable bonds is 4. The quantitative estimate of drug-likeness (QED) is 0.562. The minimum Gasteiger partial charge on any atom is -0.512 e. The zero-order valence-electron chi connectivity index (χ0n) is 17.0. The number of ether oxygens (including phenoxy) is 1. The molecule has 162 valence electrons. The summed E-state index contributed by atoms with van der Waals surface area (Å²) < 4.78 is 7.10. The summed E-state index contributed by atoms with van der Waals surface area (Å²) in [5, 5.41) is 43.1. The minimum absolute atomic E-state index is 0.127. The highest BCUT2D eigenvalue weighted by Gasteiger charge is 2.50. The molecule has 0 saturated carbocycles. The molecule has 5 atom stereocenters. The van der Waals surface area contributed by atoms with Gasteiger partial charge in [0.15, 0.2) is 0 Å². The zero-order chi connectivity index (χ0) is 21.6. The predicted octanol–water partition coefficient (Wildman–Crippen LogP) is 4.14. The van der Waals surface area contributed by atoms with E-state index in [1.165, 1.54) is 9.58 Å². The van der Waals surface area contributed by atoms with Crippen LogP contribution in [-0.2, 0) is 11.2 Å². The first kappa shape index (κ1) is 21.8. The second kappa shape index (κ2) is 8.26. The molecule has 1 saturated heterocycles. The highest BCUT2D eigenvalue weighted by atomic mass is 35.5. The molecule has 7 heteroatoms. The summed E-state index contributed by atoms with van der Waals surface area (Å²) >= 11 is 7.83. The lowest BCUT2D eigenvalue weighted by Gasteiger charge is -2.47. The average Bonchev–Trinajstić information content (AvgIpc) is 3.09. The van der Waals surface area contributed by atoms with E-state index in [2.05, 4.69) is 6.07 Å². The maximum atomic E-state index is 10.8. The number of hydrogen-bond acceptors (Lipinski definition) is 6. The number of benzene rings is 1. The maximum Gasteiger partial charge on any atom is 0.107 e. The Morgan fingerprint density at radius 2 is 2.03 bits per heavy atom. The number of fused-ring (bicyclic) bond motifs is 1. The minimum atomic E-state index is -1.14. The lowest BCUT2D eigenvalue weighted by molar-refractivity contribution is -0.210. The molecule has 2 aromatic rings. The third-order valence-electron chi connectivity index (χ3n) is 6.37. The summed E-state index contributed by atoms with van der Waals surface area (Å²) in [6.07, 6.45) is -0.429. The van der Waals surface area contributed by atoms with Gasteiger partial charge < -0.3 is 25.2 Å². The van der Waals surface area contributed by atoms with Gasteiger partial charge in [-0.2, -0.15) is 0 Å². The molecular weight excluding hydrogens is 424 g/mol. The van der Waals surface area contributed by atoms with Gasteiger partial charge in [0.25, 0.3) is 0 Å². The lowest BCUT2D eigenvalue weighted by Crippen LogP contribution is -2.56. The molecule has 1 unspecified atom stereocenters. The lowest BCUT2D eigenvalue weighted by atomic mass is 9.68. The molecule has 30 heavy (non-hydrogen) atoms. The average molecular weight is 451 g/mol. The van der Waals surface area contributed by atoms with Crippen LogP contribution in [0.5, 0.6) is 0 Å². The van der Waals surface area contributed by atoms with Crippen LogP contribution in [0.15, 0.2) is 47.2 Å². The number of allylic oxidation sites excluding steroid dienone is 3. The topological polar surface area (TPSA) is 90.2 Å². The van der Waals surface area contributed by atoms with Crippen LogP contribution in [0.25, 0.3) is 10.1 Å². The Morgan fingerprint density at radius 3 is 2.77 bits per heavy atom. The second-order valence-electron chi connectivity index (χ2n) is 8.64. The van der Waals surface area contributed by atoms with E-state index in [9.17, 15) is 20.4 Å². The fourth-order valence-corrected chi connectivity index (χ4v) is 5.83. The molecule has 4 rings (SSSR count). The Hall–Kier alpha value is -1.41. The van der Waals surface area contributed by atoms with Crippen molar-refractivity contribution in [1.82, 2.24) is 0 Å². The number of aliphatic hydroxyl groups excluding tert-OH is 4. The Morgan fingerprint density at radius 1 is 1.27 bits per heavy atom. The molecule has 2 aliphatic rings. The van der Waals surface area contributed by atoms with Crippen molar-refractivity contribution in [2.45, 2.75) is 57.5 Å². The van der Waals surface area contributed by atoms with E-state index in [-0.39, 0.29) is 18.8 Å². The van der Waals surface area contributed by atoms with E-state index < -0.39 is 29.8 Å². The normalized spacial score (nSPS) is 32.5. The van der Waals surface area contributed by atoms with Crippen molar-refractivity contribution < 1.29 is 25.2 Å². The van der Waals surface area contributed by atoms with Gasteiger partial charge in [-0.3, -0.25) is 0 Å². The summed E-state index contributed by atoms with van der Waals surface area (Å²) in [5.41, 5.74) is 1.23. The highest BCUT2D eigenvalue weighted by Crippen LogP contribution is 2.47. The summed E-state index contributed by atoms with van der Waals surface area (Å²) in [4.78, 5) is 1.19. The summed E-state index contributed by atoms with van der Waals surface area (Å²) in [6.45, 7) is 3.57. The third-order valence-corrected chi connectivity index (χ3v) is 7.72. The van der Waals surface area contributed by atoms with E-state index >= 15 is 0 Å². The molecular formula is C23H27ClO5S. The van der Waals surface area contributed by atoms with Crippen molar-refractivity contribution in [1.29, 1.82) is 0 Å². The molecule has 1 aromatic heterocycles. The van der Waals surface area contributed by atoms with Gasteiger partial charge in [0.2, 0.25) is 0 Å². The number of aliphatic hydroxyl groups is 4. The van der Waals surface area contributed by atoms with Gasteiger partial charge in [-0.25, -0.2) is 0 Å². The molecule has 1 aliphatic heterocycles. The first-order chi connectivity index (χ1) is 14.2. The van der Waals surface area contributed by atoms with Crippen LogP contribution in [0.4, 0.5) is 0 Å². The Bertz CT molecular complexity index is 1010. The van der Waals surface area contributed by atoms with Crippen molar-refractivity contribution >= 4 is 33.0 Å². The first-order valence-corrected chi connectivity index (χ1v) is 11.3. The van der Waals surface area contributed by atoms with Crippen LogP contribution in [0.1, 0.15) is 31.6 Å². The molecule has 4 N–H and O–H groups in total. The number of thiophene rings is 1. The van der Waals surface area contributed by atoms with Crippen LogP contribution in [0.2, 0.25) is 5.02 Å². The fourth-order valence-electron chi connectivity index (χ4n) is 4.56. The molecule has 1 fully saturated rings. The molecule has 0 amide bonds. The van der Waals surface area contributed by atoms with Gasteiger partial charge in [0.05, 0.1) is 30.3 Å². The van der Waals surface area contributed by atoms with Crippen LogP contribution in [0.3, 0.4) is 0 Å². The third kappa shape index (κ3) is 3.93. The second-order valence-corrected chi connectivity index (χ2v) is 10.2. The predicted molar refractivity (Wildman–Crippen MR) is 119 cm³/mol. The van der Waals surface area contributed by atoms with Crippen LogP contribution in [-0.4, -0.2) is 51.4 Å². The summed E-state index contributed by atoms with van der Waals surface area (Å²) in [6, 6.07) is 8.00.